The molecule has 1 rings (SSSR count). The second kappa shape index (κ2) is 11.1. The Morgan fingerprint density at radius 3 is 2.61 bits per heavy atom. The summed E-state index contributed by atoms with van der Waals surface area (Å²) in [5, 5.41) is 3.36. The maximum Gasteiger partial charge on any atom is 0.305 e. The van der Waals surface area contributed by atoms with Crippen molar-refractivity contribution in [1.29, 1.82) is 0 Å². The molecule has 0 aliphatic rings. The molecule has 0 saturated carbocycles. The maximum absolute atomic E-state index is 11.1. The lowest BCUT2D eigenvalue weighted by molar-refractivity contribution is -0.143. The van der Waals surface area contributed by atoms with E-state index in [0.29, 0.717) is 13.0 Å². The van der Waals surface area contributed by atoms with Gasteiger partial charge in [-0.1, -0.05) is 30.3 Å². The lowest BCUT2D eigenvalue weighted by atomic mass is 10.2. The predicted molar refractivity (Wildman–Crippen MR) is 68.6 cm³/mol. The first kappa shape index (κ1) is 16.9. The van der Waals surface area contributed by atoms with Crippen LogP contribution in [-0.4, -0.2) is 19.1 Å². The van der Waals surface area contributed by atoms with Crippen molar-refractivity contribution in [2.45, 2.75) is 32.7 Å². The molecule has 102 valence electrons. The number of carbonyl (C=O) groups is 1. The van der Waals surface area contributed by atoms with Gasteiger partial charge in [0.1, 0.15) is 0 Å². The van der Waals surface area contributed by atoms with Crippen LogP contribution in [0.2, 0.25) is 0 Å². The predicted octanol–water partition coefficient (Wildman–Crippen LogP) is -0.486. The monoisotopic (exact) mass is 270 g/mol. The molecule has 0 radical (unpaired) electrons. The van der Waals surface area contributed by atoms with E-state index in [1.807, 2.05) is 25.1 Å². The molecule has 18 heavy (non-hydrogen) atoms. The Morgan fingerprint density at radius 1 is 1.22 bits per heavy atom. The minimum absolute atomic E-state index is 0. The van der Waals surface area contributed by atoms with Crippen LogP contribution in [0.25, 0.3) is 0 Å². The molecule has 1 aromatic carbocycles. The third-order valence-corrected chi connectivity index (χ3v) is 2.46. The second-order valence-corrected chi connectivity index (χ2v) is 3.92. The summed E-state index contributed by atoms with van der Waals surface area (Å²) in [4.78, 5) is 11.1. The number of unbranched alkanes of at least 4 members (excludes halogenated alkanes) is 1. The molecule has 0 atom stereocenters. The molecular formula is C14H21ClNO2-. The Morgan fingerprint density at radius 2 is 1.94 bits per heavy atom. The zero-order chi connectivity index (χ0) is 12.3. The summed E-state index contributed by atoms with van der Waals surface area (Å²) >= 11 is 0. The van der Waals surface area contributed by atoms with Crippen molar-refractivity contribution in [2.75, 3.05) is 13.2 Å². The molecule has 0 bridgehead atoms. The smallest absolute Gasteiger partial charge is 0.305 e. The first-order valence-corrected chi connectivity index (χ1v) is 6.23. The number of benzene rings is 1. The van der Waals surface area contributed by atoms with E-state index >= 15 is 0 Å². The molecular weight excluding hydrogens is 250 g/mol. The van der Waals surface area contributed by atoms with E-state index in [1.165, 1.54) is 5.56 Å². The van der Waals surface area contributed by atoms with Crippen LogP contribution in [0.5, 0.6) is 0 Å². The minimum Gasteiger partial charge on any atom is -1.00 e. The molecule has 1 N–H and O–H groups in total. The molecule has 0 fully saturated rings. The maximum atomic E-state index is 11.1. The average Bonchev–Trinajstić information content (AvgIpc) is 2.35. The summed E-state index contributed by atoms with van der Waals surface area (Å²) < 4.78 is 4.86. The van der Waals surface area contributed by atoms with E-state index in [-0.39, 0.29) is 18.4 Å². The third kappa shape index (κ3) is 8.09. The highest BCUT2D eigenvalue weighted by molar-refractivity contribution is 5.69. The van der Waals surface area contributed by atoms with E-state index in [2.05, 4.69) is 17.4 Å². The number of halogens is 1. The Bertz CT molecular complexity index is 317. The minimum atomic E-state index is -0.0874. The van der Waals surface area contributed by atoms with E-state index in [0.717, 1.165) is 25.9 Å². The third-order valence-electron chi connectivity index (χ3n) is 2.46. The van der Waals surface area contributed by atoms with Crippen LogP contribution in [0.1, 0.15) is 31.7 Å². The van der Waals surface area contributed by atoms with Gasteiger partial charge >= 0.3 is 5.97 Å². The lowest BCUT2D eigenvalue weighted by Crippen LogP contribution is -3.00. The highest BCUT2D eigenvalue weighted by Gasteiger charge is 2.00. The molecule has 1 aromatic rings. The van der Waals surface area contributed by atoms with Gasteiger partial charge in [0.2, 0.25) is 0 Å². The summed E-state index contributed by atoms with van der Waals surface area (Å²) in [5.41, 5.74) is 1.29. The van der Waals surface area contributed by atoms with Crippen molar-refractivity contribution in [3.63, 3.8) is 0 Å². The quantitative estimate of drug-likeness (QED) is 0.512. The van der Waals surface area contributed by atoms with Crippen LogP contribution in [0.3, 0.4) is 0 Å². The van der Waals surface area contributed by atoms with Crippen molar-refractivity contribution in [3.8, 4) is 0 Å². The number of esters is 1. The summed E-state index contributed by atoms with van der Waals surface area (Å²) in [6.45, 7) is 4.14. The summed E-state index contributed by atoms with van der Waals surface area (Å²) in [7, 11) is 0. The summed E-state index contributed by atoms with van der Waals surface area (Å²) in [5.74, 6) is -0.0874. The normalized spacial score (nSPS) is 9.61. The fraction of sp³-hybridized carbons (Fsp3) is 0.500. The van der Waals surface area contributed by atoms with Crippen LogP contribution in [-0.2, 0) is 16.1 Å². The first-order valence-electron chi connectivity index (χ1n) is 6.23. The van der Waals surface area contributed by atoms with Gasteiger partial charge in [-0.05, 0) is 31.9 Å². The average molecular weight is 271 g/mol. The van der Waals surface area contributed by atoms with Crippen LogP contribution in [0, 0.1) is 0 Å². The van der Waals surface area contributed by atoms with Gasteiger partial charge < -0.3 is 22.5 Å². The van der Waals surface area contributed by atoms with Crippen molar-refractivity contribution < 1.29 is 21.9 Å². The number of hydrogen-bond acceptors (Lipinski definition) is 3. The van der Waals surface area contributed by atoms with Crippen LogP contribution < -0.4 is 17.7 Å². The van der Waals surface area contributed by atoms with Gasteiger partial charge in [-0.2, -0.15) is 0 Å². The van der Waals surface area contributed by atoms with Gasteiger partial charge in [-0.15, -0.1) is 0 Å². The van der Waals surface area contributed by atoms with Crippen molar-refractivity contribution in [3.05, 3.63) is 35.9 Å². The zero-order valence-corrected chi connectivity index (χ0v) is 11.6. The molecule has 0 spiro atoms. The molecule has 4 heteroatoms. The number of rotatable bonds is 8. The van der Waals surface area contributed by atoms with E-state index < -0.39 is 0 Å². The fourth-order valence-electron chi connectivity index (χ4n) is 1.58. The molecule has 0 aliphatic carbocycles. The standard InChI is InChI=1S/C14H21NO2.ClH/c1-2-17-14(16)10-6-7-11-15-12-13-8-4-3-5-9-13;/h3-5,8-9,15H,2,6-7,10-12H2,1H3;1H/p-1. The molecule has 0 amide bonds. The van der Waals surface area contributed by atoms with Gasteiger partial charge in [-0.3, -0.25) is 4.79 Å². The Labute approximate surface area is 115 Å². The van der Waals surface area contributed by atoms with E-state index in [4.69, 9.17) is 4.74 Å². The molecule has 0 heterocycles. The van der Waals surface area contributed by atoms with Gasteiger partial charge in [0.25, 0.3) is 0 Å². The lowest BCUT2D eigenvalue weighted by Gasteiger charge is -2.04. The van der Waals surface area contributed by atoms with E-state index in [9.17, 15) is 4.79 Å². The highest BCUT2D eigenvalue weighted by atomic mass is 35.5. The molecule has 0 saturated heterocycles. The Balaban J connectivity index is 0.00000289. The second-order valence-electron chi connectivity index (χ2n) is 3.92. The summed E-state index contributed by atoms with van der Waals surface area (Å²) in [6, 6.07) is 10.3. The Hall–Kier alpha value is -1.06. The molecule has 0 aliphatic heterocycles. The Kier molecular flexibility index (Phi) is 10.4. The van der Waals surface area contributed by atoms with Crippen molar-refractivity contribution >= 4 is 5.97 Å². The molecule has 0 aromatic heterocycles. The molecule has 3 nitrogen and oxygen atoms in total. The fourth-order valence-corrected chi connectivity index (χ4v) is 1.58. The first-order chi connectivity index (χ1) is 8.33. The number of nitrogens with one attached hydrogen (secondary N) is 1. The SMILES string of the molecule is CCOC(=O)CCCCNCc1ccccc1.[Cl-]. The van der Waals surface area contributed by atoms with Crippen LogP contribution in [0.4, 0.5) is 0 Å². The van der Waals surface area contributed by atoms with Crippen molar-refractivity contribution in [1.82, 2.24) is 5.32 Å². The van der Waals surface area contributed by atoms with Crippen molar-refractivity contribution in [2.24, 2.45) is 0 Å². The summed E-state index contributed by atoms with van der Waals surface area (Å²) in [6.07, 6.45) is 2.42. The molecule has 0 unspecified atom stereocenters. The van der Waals surface area contributed by atoms with Gasteiger partial charge in [-0.25, -0.2) is 0 Å². The van der Waals surface area contributed by atoms with Gasteiger partial charge in [0, 0.05) is 13.0 Å². The number of ether oxygens (including phenoxy) is 1. The zero-order valence-electron chi connectivity index (χ0n) is 10.8. The van der Waals surface area contributed by atoms with Gasteiger partial charge in [0.05, 0.1) is 6.61 Å². The van der Waals surface area contributed by atoms with Crippen LogP contribution in [0.15, 0.2) is 30.3 Å². The largest absolute Gasteiger partial charge is 1.00 e. The van der Waals surface area contributed by atoms with Gasteiger partial charge in [0.15, 0.2) is 0 Å². The topological polar surface area (TPSA) is 38.3 Å². The number of hydrogen-bond donors (Lipinski definition) is 1. The van der Waals surface area contributed by atoms with E-state index in [1.54, 1.807) is 0 Å². The highest BCUT2D eigenvalue weighted by Crippen LogP contribution is 1.99. The number of carbonyl (C=O) groups excluding carboxylic acids is 1. The van der Waals surface area contributed by atoms with Crippen LogP contribution >= 0.6 is 0 Å².